The van der Waals surface area contributed by atoms with E-state index in [0.29, 0.717) is 6.42 Å². The fraction of sp³-hybridized carbons (Fsp3) is 1.00. The Morgan fingerprint density at radius 2 is 1.04 bits per heavy atom. The molecule has 0 aliphatic carbocycles. The molecule has 0 fully saturated rings. The molecule has 0 saturated heterocycles. The minimum atomic E-state index is -4.61. The zero-order chi connectivity index (χ0) is 18.2. The van der Waals surface area contributed by atoms with Gasteiger partial charge in [0, 0.05) is 0 Å². The van der Waals surface area contributed by atoms with Gasteiger partial charge < -0.3 is 6.15 Å². The van der Waals surface area contributed by atoms with Crippen LogP contribution < -0.4 is 6.15 Å². The second-order valence-electron chi connectivity index (χ2n) is 4.93. The van der Waals surface area contributed by atoms with Crippen molar-refractivity contribution in [1.29, 1.82) is 0 Å². The average molecular weight is 422 g/mol. The van der Waals surface area contributed by atoms with Crippen molar-refractivity contribution in [3.8, 4) is 0 Å². The molecular weight excluding hydrogens is 389 g/mol. The van der Waals surface area contributed by atoms with E-state index in [9.17, 15) is 8.42 Å². The summed E-state index contributed by atoms with van der Waals surface area (Å²) in [5.74, 6) is 0. The molecule has 0 radical (unpaired) electrons. The van der Waals surface area contributed by atoms with Gasteiger partial charge in [0.25, 0.3) is 0 Å². The molecule has 0 aromatic carbocycles. The van der Waals surface area contributed by atoms with Gasteiger partial charge in [-0.1, -0.05) is 69.0 Å². The van der Waals surface area contributed by atoms with Gasteiger partial charge in [-0.05, 0) is 6.42 Å². The summed E-state index contributed by atoms with van der Waals surface area (Å²) in [7, 11) is -8.84. The van der Waals surface area contributed by atoms with Gasteiger partial charge in [0.05, 0.1) is 6.61 Å². The van der Waals surface area contributed by atoms with E-state index in [-0.39, 0.29) is 42.3 Å². The fourth-order valence-electron chi connectivity index (χ4n) is 1.75. The van der Waals surface area contributed by atoms with Crippen LogP contribution in [0.5, 0.6) is 0 Å². The van der Waals surface area contributed by atoms with Crippen LogP contribution in [0.4, 0.5) is 0 Å². The molecule has 0 bridgehead atoms. The molecule has 0 aromatic heterocycles. The Bertz CT molecular complexity index is 457. The first-order valence-electron chi connectivity index (χ1n) is 7.54. The molecule has 6 N–H and O–H groups in total. The van der Waals surface area contributed by atoms with Crippen LogP contribution in [-0.4, -0.2) is 67.4 Å². The van der Waals surface area contributed by atoms with Gasteiger partial charge in [-0.2, -0.15) is 16.8 Å². The molecule has 0 saturated carbocycles. The van der Waals surface area contributed by atoms with E-state index in [4.69, 9.17) is 22.8 Å². The summed E-state index contributed by atoms with van der Waals surface area (Å²) in [6.45, 7) is 2.31. The predicted octanol–water partition coefficient (Wildman–Crippen LogP) is 2.52. The summed E-state index contributed by atoms with van der Waals surface area (Å²) < 4.78 is 60.9. The fourth-order valence-corrected chi connectivity index (χ4v) is 2.08. The average Bonchev–Trinajstić information content (AvgIpc) is 2.43. The van der Waals surface area contributed by atoms with E-state index >= 15 is 0 Å². The number of hydrogen-bond acceptors (Lipinski definition) is 8. The summed E-state index contributed by atoms with van der Waals surface area (Å²) >= 11 is 0. The molecule has 0 amide bonds. The van der Waals surface area contributed by atoms with E-state index in [2.05, 4.69) is 15.4 Å². The Morgan fingerprint density at radius 3 is 1.32 bits per heavy atom. The Kier molecular flexibility index (Phi) is 27.9. The maximum absolute atomic E-state index is 10.2. The van der Waals surface area contributed by atoms with Gasteiger partial charge in [0.15, 0.2) is 0 Å². The van der Waals surface area contributed by atoms with E-state index in [0.717, 1.165) is 12.8 Å². The zero-order valence-electron chi connectivity index (χ0n) is 14.1. The van der Waals surface area contributed by atoms with Crippen LogP contribution in [0.15, 0.2) is 0 Å². The summed E-state index contributed by atoms with van der Waals surface area (Å²) in [6.07, 6.45) is 11.9. The first-order valence-corrected chi connectivity index (χ1v) is 10.3. The van der Waals surface area contributed by atoms with Gasteiger partial charge >= 0.3 is 50.4 Å². The summed E-state index contributed by atoms with van der Waals surface area (Å²) in [4.78, 5) is 0. The molecule has 0 aliphatic heterocycles. The quantitative estimate of drug-likeness (QED) is 0.113. The molecular formula is C12H32NNaO9S2. The first-order chi connectivity index (χ1) is 10.6. The van der Waals surface area contributed by atoms with E-state index < -0.39 is 20.8 Å². The van der Waals surface area contributed by atoms with Crippen molar-refractivity contribution in [2.45, 2.75) is 71.1 Å². The van der Waals surface area contributed by atoms with Crippen LogP contribution in [-0.2, 0) is 29.3 Å². The van der Waals surface area contributed by atoms with Crippen LogP contribution in [0.1, 0.15) is 71.1 Å². The van der Waals surface area contributed by atoms with Gasteiger partial charge in [-0.3, -0.25) is 9.11 Å². The predicted molar refractivity (Wildman–Crippen MR) is 96.8 cm³/mol. The van der Waals surface area contributed by atoms with Gasteiger partial charge in [0.2, 0.25) is 0 Å². The van der Waals surface area contributed by atoms with Crippen LogP contribution >= 0.6 is 0 Å². The Balaban J connectivity index is -0.000000238. The maximum atomic E-state index is 10.2. The molecule has 0 spiro atoms. The second-order valence-corrected chi connectivity index (χ2v) is 7.03. The molecule has 0 atom stereocenters. The monoisotopic (exact) mass is 421 g/mol. The zero-order valence-corrected chi connectivity index (χ0v) is 15.7. The van der Waals surface area contributed by atoms with Crippen LogP contribution in [0.2, 0.25) is 0 Å². The molecule has 13 heteroatoms. The van der Waals surface area contributed by atoms with Crippen molar-refractivity contribution < 1.29 is 39.7 Å². The normalized spacial score (nSPS) is 10.9. The third-order valence-corrected chi connectivity index (χ3v) is 3.48. The molecule has 152 valence electrons. The van der Waals surface area contributed by atoms with Crippen LogP contribution in [0, 0.1) is 0 Å². The SMILES string of the molecule is CCCCCCCCCCCCOS(=O)(=O)O.N.O=S(=O)(O)OO.[NaH]. The molecule has 10 nitrogen and oxygen atoms in total. The molecule has 0 aliphatic rings. The standard InChI is InChI=1S/C12H26O4S.H3N.Na.H2O5S.H/c1-2-3-4-5-6-7-8-9-10-11-12-16-17(13,14)15;;;1-5-6(2,3)4;/h2-12H2,1H3,(H,13,14,15);1H3;;1H,(H,2,3,4);. The Morgan fingerprint density at radius 1 is 0.720 bits per heavy atom. The number of hydrogen-bond donors (Lipinski definition) is 4. The minimum absolute atomic E-state index is 0. The topological polar surface area (TPSA) is 182 Å². The van der Waals surface area contributed by atoms with Crippen molar-refractivity contribution in [3.05, 3.63) is 0 Å². The first kappa shape index (κ1) is 33.3. The van der Waals surface area contributed by atoms with Crippen molar-refractivity contribution >= 4 is 50.4 Å². The van der Waals surface area contributed by atoms with E-state index in [1.807, 2.05) is 0 Å². The van der Waals surface area contributed by atoms with Crippen molar-refractivity contribution in [1.82, 2.24) is 6.15 Å². The second kappa shape index (κ2) is 21.0. The van der Waals surface area contributed by atoms with Crippen LogP contribution in [0.3, 0.4) is 0 Å². The molecule has 25 heavy (non-hydrogen) atoms. The summed E-state index contributed by atoms with van der Waals surface area (Å²) in [6, 6.07) is 0. The molecule has 0 aromatic rings. The van der Waals surface area contributed by atoms with Gasteiger partial charge in [-0.25, -0.2) is 9.44 Å². The summed E-state index contributed by atoms with van der Waals surface area (Å²) in [5.41, 5.74) is 0. The Hall–Kier alpha value is 0.660. The number of unbranched alkanes of at least 4 members (excludes halogenated alkanes) is 9. The third kappa shape index (κ3) is 40.6. The van der Waals surface area contributed by atoms with Gasteiger partial charge in [0.1, 0.15) is 0 Å². The van der Waals surface area contributed by atoms with Crippen molar-refractivity contribution in [2.75, 3.05) is 6.61 Å². The molecule has 0 heterocycles. The van der Waals surface area contributed by atoms with Crippen molar-refractivity contribution in [2.24, 2.45) is 0 Å². The number of rotatable bonds is 13. The molecule has 0 rings (SSSR count). The molecule has 0 unspecified atom stereocenters. The van der Waals surface area contributed by atoms with Crippen LogP contribution in [0.25, 0.3) is 0 Å². The third-order valence-electron chi connectivity index (χ3n) is 2.82. The van der Waals surface area contributed by atoms with E-state index in [1.54, 1.807) is 0 Å². The Labute approximate surface area is 173 Å². The summed E-state index contributed by atoms with van der Waals surface area (Å²) in [5, 5.41) is 7.06. The van der Waals surface area contributed by atoms with Gasteiger partial charge in [-0.15, -0.1) is 0 Å². The van der Waals surface area contributed by atoms with Crippen molar-refractivity contribution in [3.63, 3.8) is 0 Å². The van der Waals surface area contributed by atoms with E-state index in [1.165, 1.54) is 44.9 Å².